The Balaban J connectivity index is 2.64. The van der Waals surface area contributed by atoms with Crippen LogP contribution in [0.4, 0.5) is 0 Å². The summed E-state index contributed by atoms with van der Waals surface area (Å²) in [6, 6.07) is 4.83. The second-order valence-corrected chi connectivity index (χ2v) is 3.60. The third-order valence-electron chi connectivity index (χ3n) is 1.90. The molecule has 2 rings (SSSR count). The minimum Gasteiger partial charge on any atom is -0.508 e. The molecule has 0 bridgehead atoms. The molecule has 0 atom stereocenters. The number of phenolic OH excluding ortho intramolecular Hbond substituents is 1. The van der Waals surface area contributed by atoms with E-state index in [0.717, 1.165) is 10.1 Å². The number of aromatic hydroxyl groups is 1. The summed E-state index contributed by atoms with van der Waals surface area (Å²) in [6.07, 6.45) is 0. The van der Waals surface area contributed by atoms with Gasteiger partial charge >= 0.3 is 0 Å². The smallest absolute Gasteiger partial charge is 0.271 e. The van der Waals surface area contributed by atoms with Gasteiger partial charge in [-0.3, -0.25) is 4.79 Å². The molecule has 2 N–H and O–H groups in total. The average molecular weight is 208 g/mol. The van der Waals surface area contributed by atoms with Gasteiger partial charge in [0, 0.05) is 12.4 Å². The van der Waals surface area contributed by atoms with E-state index in [2.05, 4.69) is 9.69 Å². The number of carbonyl (C=O) groups excluding carboxylic acids is 1. The molecule has 1 amide bonds. The van der Waals surface area contributed by atoms with Gasteiger partial charge in [0.2, 0.25) is 0 Å². The highest BCUT2D eigenvalue weighted by Gasteiger charge is 2.12. The molecule has 0 saturated carbocycles. The molecule has 0 unspecified atom stereocenters. The van der Waals surface area contributed by atoms with Crippen molar-refractivity contribution in [2.45, 2.75) is 0 Å². The normalized spacial score (nSPS) is 10.4. The molecule has 0 aliphatic heterocycles. The molecule has 5 heteroatoms. The lowest BCUT2D eigenvalue weighted by Crippen LogP contribution is -2.18. The van der Waals surface area contributed by atoms with E-state index in [-0.39, 0.29) is 11.7 Å². The molecule has 1 heterocycles. The van der Waals surface area contributed by atoms with Crippen molar-refractivity contribution in [3.05, 3.63) is 23.9 Å². The van der Waals surface area contributed by atoms with E-state index in [4.69, 9.17) is 0 Å². The topological polar surface area (TPSA) is 62.2 Å². The van der Waals surface area contributed by atoms with E-state index in [1.165, 1.54) is 11.5 Å². The number of rotatable bonds is 1. The van der Waals surface area contributed by atoms with Gasteiger partial charge in [-0.05, 0) is 29.7 Å². The van der Waals surface area contributed by atoms with Gasteiger partial charge in [-0.1, -0.05) is 0 Å². The van der Waals surface area contributed by atoms with Crippen LogP contribution in [0.2, 0.25) is 0 Å². The lowest BCUT2D eigenvalue weighted by molar-refractivity contribution is 0.0961. The van der Waals surface area contributed by atoms with Crippen molar-refractivity contribution < 1.29 is 9.90 Å². The van der Waals surface area contributed by atoms with Gasteiger partial charge in [-0.2, -0.15) is 4.37 Å². The molecule has 72 valence electrons. The highest BCUT2D eigenvalue weighted by Crippen LogP contribution is 2.26. The SMILES string of the molecule is CNC(=O)c1nsc2cc(O)ccc12. The van der Waals surface area contributed by atoms with Crippen LogP contribution in [-0.4, -0.2) is 22.4 Å². The number of fused-ring (bicyclic) bond motifs is 1. The van der Waals surface area contributed by atoms with Crippen LogP contribution in [-0.2, 0) is 0 Å². The quantitative estimate of drug-likeness (QED) is 0.743. The van der Waals surface area contributed by atoms with Crippen molar-refractivity contribution >= 4 is 27.5 Å². The standard InChI is InChI=1S/C9H8N2O2S/c1-10-9(13)8-6-3-2-5(12)4-7(6)14-11-8/h2-4,12H,1H3,(H,10,13). The first-order valence-electron chi connectivity index (χ1n) is 4.03. The number of carbonyl (C=O) groups is 1. The predicted octanol–water partition coefficient (Wildman–Crippen LogP) is 1.36. The molecule has 0 fully saturated rings. The van der Waals surface area contributed by atoms with Gasteiger partial charge in [0.05, 0.1) is 4.70 Å². The highest BCUT2D eigenvalue weighted by molar-refractivity contribution is 7.13. The first kappa shape index (κ1) is 8.96. The zero-order valence-electron chi connectivity index (χ0n) is 7.44. The molecule has 0 saturated heterocycles. The van der Waals surface area contributed by atoms with Crippen molar-refractivity contribution in [3.63, 3.8) is 0 Å². The largest absolute Gasteiger partial charge is 0.508 e. The summed E-state index contributed by atoms with van der Waals surface area (Å²) >= 11 is 1.20. The second-order valence-electron chi connectivity index (χ2n) is 2.79. The molecule has 0 spiro atoms. The van der Waals surface area contributed by atoms with Crippen molar-refractivity contribution in [1.29, 1.82) is 0 Å². The van der Waals surface area contributed by atoms with Gasteiger partial charge in [-0.15, -0.1) is 0 Å². The number of benzene rings is 1. The first-order valence-corrected chi connectivity index (χ1v) is 4.80. The van der Waals surface area contributed by atoms with Gasteiger partial charge in [0.25, 0.3) is 5.91 Å². The fraction of sp³-hybridized carbons (Fsp3) is 0.111. The maximum absolute atomic E-state index is 11.3. The van der Waals surface area contributed by atoms with Crippen LogP contribution in [0.15, 0.2) is 18.2 Å². The van der Waals surface area contributed by atoms with Crippen molar-refractivity contribution in [2.24, 2.45) is 0 Å². The third kappa shape index (κ3) is 1.31. The number of amides is 1. The van der Waals surface area contributed by atoms with Gasteiger partial charge in [0.15, 0.2) is 0 Å². The first-order chi connectivity index (χ1) is 6.72. The van der Waals surface area contributed by atoms with Crippen molar-refractivity contribution in [2.75, 3.05) is 7.05 Å². The zero-order valence-corrected chi connectivity index (χ0v) is 8.26. The van der Waals surface area contributed by atoms with Crippen LogP contribution in [0.25, 0.3) is 10.1 Å². The van der Waals surface area contributed by atoms with Crippen LogP contribution >= 0.6 is 11.5 Å². The van der Waals surface area contributed by atoms with Crippen LogP contribution in [0, 0.1) is 0 Å². The molecule has 2 aromatic rings. The van der Waals surface area contributed by atoms with Crippen LogP contribution in [0.3, 0.4) is 0 Å². The average Bonchev–Trinajstić information content (AvgIpc) is 2.59. The number of nitrogens with zero attached hydrogens (tertiary/aromatic N) is 1. The second kappa shape index (κ2) is 3.26. The molecule has 0 aliphatic rings. The highest BCUT2D eigenvalue weighted by atomic mass is 32.1. The number of nitrogens with one attached hydrogen (secondary N) is 1. The maximum Gasteiger partial charge on any atom is 0.271 e. The van der Waals surface area contributed by atoms with Crippen LogP contribution in [0.5, 0.6) is 5.75 Å². The fourth-order valence-corrected chi connectivity index (χ4v) is 2.02. The summed E-state index contributed by atoms with van der Waals surface area (Å²) < 4.78 is 4.83. The number of aromatic nitrogens is 1. The Morgan fingerprint density at radius 2 is 2.36 bits per heavy atom. The lowest BCUT2D eigenvalue weighted by atomic mass is 10.2. The molecule has 14 heavy (non-hydrogen) atoms. The Bertz CT molecular complexity index is 493. The Hall–Kier alpha value is -1.62. The van der Waals surface area contributed by atoms with E-state index < -0.39 is 0 Å². The van der Waals surface area contributed by atoms with E-state index in [0.29, 0.717) is 5.69 Å². The van der Waals surface area contributed by atoms with Gasteiger partial charge in [0.1, 0.15) is 11.4 Å². The minimum absolute atomic E-state index is 0.185. The monoisotopic (exact) mass is 208 g/mol. The summed E-state index contributed by atoms with van der Waals surface area (Å²) in [5.41, 5.74) is 0.410. The molecule has 4 nitrogen and oxygen atoms in total. The van der Waals surface area contributed by atoms with E-state index in [1.54, 1.807) is 25.2 Å². The summed E-state index contributed by atoms with van der Waals surface area (Å²) in [5, 5.41) is 12.5. The Morgan fingerprint density at radius 1 is 1.57 bits per heavy atom. The predicted molar refractivity (Wildman–Crippen MR) is 54.7 cm³/mol. The summed E-state index contributed by atoms with van der Waals surface area (Å²) in [5.74, 6) is -0.0217. The van der Waals surface area contributed by atoms with E-state index in [9.17, 15) is 9.90 Å². The number of hydrogen-bond donors (Lipinski definition) is 2. The van der Waals surface area contributed by atoms with Crippen molar-refractivity contribution in [3.8, 4) is 5.75 Å². The molecule has 1 aromatic heterocycles. The third-order valence-corrected chi connectivity index (χ3v) is 2.71. The summed E-state index contributed by atoms with van der Waals surface area (Å²) in [6.45, 7) is 0. The molecular weight excluding hydrogens is 200 g/mol. The zero-order chi connectivity index (χ0) is 10.1. The number of phenols is 1. The summed E-state index contributed by atoms with van der Waals surface area (Å²) in [7, 11) is 1.56. The molecule has 0 aliphatic carbocycles. The van der Waals surface area contributed by atoms with Crippen LogP contribution in [0.1, 0.15) is 10.5 Å². The molecular formula is C9H8N2O2S. The minimum atomic E-state index is -0.207. The fourth-order valence-electron chi connectivity index (χ4n) is 1.21. The number of hydrogen-bond acceptors (Lipinski definition) is 4. The van der Waals surface area contributed by atoms with E-state index >= 15 is 0 Å². The molecule has 1 aromatic carbocycles. The Kier molecular flexibility index (Phi) is 2.09. The summed E-state index contributed by atoms with van der Waals surface area (Å²) in [4.78, 5) is 11.3. The Morgan fingerprint density at radius 3 is 3.07 bits per heavy atom. The molecule has 0 radical (unpaired) electrons. The lowest BCUT2D eigenvalue weighted by Gasteiger charge is -1.95. The van der Waals surface area contributed by atoms with Gasteiger partial charge < -0.3 is 10.4 Å². The maximum atomic E-state index is 11.3. The van der Waals surface area contributed by atoms with E-state index in [1.807, 2.05) is 0 Å². The van der Waals surface area contributed by atoms with Gasteiger partial charge in [-0.25, -0.2) is 0 Å². The van der Waals surface area contributed by atoms with Crippen LogP contribution < -0.4 is 5.32 Å². The Labute approximate surface area is 84.3 Å². The van der Waals surface area contributed by atoms with Crippen molar-refractivity contribution in [1.82, 2.24) is 9.69 Å².